The van der Waals surface area contributed by atoms with Crippen LogP contribution in [0.15, 0.2) is 24.3 Å². The number of amides is 1. The first-order valence-corrected chi connectivity index (χ1v) is 5.45. The molecule has 0 saturated carbocycles. The van der Waals surface area contributed by atoms with E-state index in [0.717, 1.165) is 18.5 Å². The number of hydrogen-bond donors (Lipinski definition) is 0. The Morgan fingerprint density at radius 2 is 2.00 bits per heavy atom. The fourth-order valence-corrected chi connectivity index (χ4v) is 1.40. The van der Waals surface area contributed by atoms with Gasteiger partial charge in [-0.25, -0.2) is 0 Å². The van der Waals surface area contributed by atoms with Crippen LogP contribution in [0.1, 0.15) is 31.7 Å². The van der Waals surface area contributed by atoms with Crippen LogP contribution in [0.5, 0.6) is 0 Å². The Morgan fingerprint density at radius 3 is 2.50 bits per heavy atom. The van der Waals surface area contributed by atoms with Gasteiger partial charge in [-0.3, -0.25) is 4.79 Å². The molecule has 3 heteroatoms. The zero-order chi connectivity index (χ0) is 12.0. The second kappa shape index (κ2) is 5.92. The fourth-order valence-electron chi connectivity index (χ4n) is 1.40. The summed E-state index contributed by atoms with van der Waals surface area (Å²) in [6.07, 6.45) is 2.51. The van der Waals surface area contributed by atoms with E-state index in [0.29, 0.717) is 12.0 Å². The number of nitriles is 1. The molecule has 0 saturated heterocycles. The molecule has 0 spiro atoms. The highest BCUT2D eigenvalue weighted by Crippen LogP contribution is 2.15. The molecule has 0 aliphatic carbocycles. The lowest BCUT2D eigenvalue weighted by Gasteiger charge is -2.17. The lowest BCUT2D eigenvalue weighted by atomic mass is 10.2. The summed E-state index contributed by atoms with van der Waals surface area (Å²) in [5.74, 6) is 0.117. The number of nitrogens with zero attached hydrogens (tertiary/aromatic N) is 2. The van der Waals surface area contributed by atoms with Crippen molar-refractivity contribution in [1.29, 1.82) is 5.26 Å². The van der Waals surface area contributed by atoms with Gasteiger partial charge >= 0.3 is 0 Å². The molecule has 0 N–H and O–H groups in total. The van der Waals surface area contributed by atoms with Crippen LogP contribution in [0.3, 0.4) is 0 Å². The lowest BCUT2D eigenvalue weighted by Crippen LogP contribution is -2.25. The Balaban J connectivity index is 2.69. The molecule has 0 aliphatic heterocycles. The minimum atomic E-state index is 0.117. The van der Waals surface area contributed by atoms with Crippen molar-refractivity contribution in [3.8, 4) is 6.07 Å². The van der Waals surface area contributed by atoms with E-state index in [2.05, 4.69) is 13.0 Å². The summed E-state index contributed by atoms with van der Waals surface area (Å²) in [7, 11) is 1.76. The summed E-state index contributed by atoms with van der Waals surface area (Å²) in [4.78, 5) is 13.4. The molecule has 1 aromatic carbocycles. The van der Waals surface area contributed by atoms with E-state index in [4.69, 9.17) is 5.26 Å². The molecule has 1 aromatic rings. The first-order valence-electron chi connectivity index (χ1n) is 5.45. The van der Waals surface area contributed by atoms with Crippen LogP contribution in [-0.4, -0.2) is 13.0 Å². The Bertz CT molecular complexity index is 389. The largest absolute Gasteiger partial charge is 0.316 e. The Morgan fingerprint density at radius 1 is 1.38 bits per heavy atom. The van der Waals surface area contributed by atoms with Crippen molar-refractivity contribution in [2.24, 2.45) is 0 Å². The van der Waals surface area contributed by atoms with Crippen molar-refractivity contribution in [1.82, 2.24) is 0 Å². The van der Waals surface area contributed by atoms with Gasteiger partial charge in [-0.1, -0.05) is 13.3 Å². The average molecular weight is 216 g/mol. The van der Waals surface area contributed by atoms with Crippen molar-refractivity contribution < 1.29 is 4.79 Å². The van der Waals surface area contributed by atoms with Gasteiger partial charge < -0.3 is 4.90 Å². The molecule has 0 fully saturated rings. The van der Waals surface area contributed by atoms with E-state index in [-0.39, 0.29) is 5.91 Å². The topological polar surface area (TPSA) is 44.1 Å². The average Bonchev–Trinajstić information content (AvgIpc) is 2.35. The van der Waals surface area contributed by atoms with Crippen LogP contribution in [0.2, 0.25) is 0 Å². The van der Waals surface area contributed by atoms with Gasteiger partial charge in [-0.15, -0.1) is 0 Å². The van der Waals surface area contributed by atoms with E-state index >= 15 is 0 Å². The Hall–Kier alpha value is -1.82. The van der Waals surface area contributed by atoms with Crippen LogP contribution in [0, 0.1) is 11.3 Å². The van der Waals surface area contributed by atoms with Gasteiger partial charge in [0.2, 0.25) is 5.91 Å². The van der Waals surface area contributed by atoms with Gasteiger partial charge in [-0.2, -0.15) is 5.26 Å². The normalized spacial score (nSPS) is 9.56. The van der Waals surface area contributed by atoms with Crippen molar-refractivity contribution >= 4 is 11.6 Å². The minimum Gasteiger partial charge on any atom is -0.316 e. The third-order valence-corrected chi connectivity index (χ3v) is 2.50. The molecule has 0 aliphatic rings. The number of carbonyl (C=O) groups excluding carboxylic acids is 1. The zero-order valence-corrected chi connectivity index (χ0v) is 9.73. The predicted molar refractivity (Wildman–Crippen MR) is 64.1 cm³/mol. The molecular formula is C13H16N2O. The quantitative estimate of drug-likeness (QED) is 0.776. The van der Waals surface area contributed by atoms with Crippen molar-refractivity contribution in [3.05, 3.63) is 29.8 Å². The summed E-state index contributed by atoms with van der Waals surface area (Å²) in [5.41, 5.74) is 1.44. The number of carbonyl (C=O) groups is 1. The molecule has 16 heavy (non-hydrogen) atoms. The zero-order valence-electron chi connectivity index (χ0n) is 9.73. The summed E-state index contributed by atoms with van der Waals surface area (Å²) >= 11 is 0. The molecule has 84 valence electrons. The number of benzene rings is 1. The van der Waals surface area contributed by atoms with Gasteiger partial charge in [0.1, 0.15) is 0 Å². The molecule has 1 amide bonds. The monoisotopic (exact) mass is 216 g/mol. The molecule has 1 rings (SSSR count). The highest BCUT2D eigenvalue weighted by Gasteiger charge is 2.09. The summed E-state index contributed by atoms with van der Waals surface area (Å²) in [5, 5.41) is 8.66. The molecule has 3 nitrogen and oxygen atoms in total. The Kier molecular flexibility index (Phi) is 4.53. The molecule has 0 unspecified atom stereocenters. The molecule has 0 bridgehead atoms. The number of anilines is 1. The molecular weight excluding hydrogens is 200 g/mol. The maximum Gasteiger partial charge on any atom is 0.226 e. The van der Waals surface area contributed by atoms with E-state index in [1.165, 1.54) is 0 Å². The molecule has 0 radical (unpaired) electrons. The minimum absolute atomic E-state index is 0.117. The number of hydrogen-bond acceptors (Lipinski definition) is 2. The predicted octanol–water partition coefficient (Wildman–Crippen LogP) is 2.71. The lowest BCUT2D eigenvalue weighted by molar-refractivity contribution is -0.118. The van der Waals surface area contributed by atoms with E-state index in [1.807, 2.05) is 0 Å². The van der Waals surface area contributed by atoms with Gasteiger partial charge in [0.15, 0.2) is 0 Å². The van der Waals surface area contributed by atoms with E-state index in [1.54, 1.807) is 36.2 Å². The first-order chi connectivity index (χ1) is 7.69. The summed E-state index contributed by atoms with van der Waals surface area (Å²) in [6.45, 7) is 2.06. The summed E-state index contributed by atoms with van der Waals surface area (Å²) in [6, 6.07) is 9.08. The maximum absolute atomic E-state index is 11.7. The van der Waals surface area contributed by atoms with Gasteiger partial charge in [-0.05, 0) is 30.7 Å². The fraction of sp³-hybridized carbons (Fsp3) is 0.385. The second-order valence-corrected chi connectivity index (χ2v) is 3.71. The molecule has 0 heterocycles. The van der Waals surface area contributed by atoms with Crippen LogP contribution >= 0.6 is 0 Å². The third-order valence-electron chi connectivity index (χ3n) is 2.50. The first kappa shape index (κ1) is 12.3. The summed E-state index contributed by atoms with van der Waals surface area (Å²) < 4.78 is 0. The molecule has 0 aromatic heterocycles. The van der Waals surface area contributed by atoms with Crippen molar-refractivity contribution in [3.63, 3.8) is 0 Å². The SMILES string of the molecule is CCCCC(=O)N(C)c1ccc(C#N)cc1. The van der Waals surface area contributed by atoms with Gasteiger partial charge in [0.25, 0.3) is 0 Å². The van der Waals surface area contributed by atoms with E-state index < -0.39 is 0 Å². The van der Waals surface area contributed by atoms with Gasteiger partial charge in [0.05, 0.1) is 11.6 Å². The van der Waals surface area contributed by atoms with Crippen LogP contribution in [-0.2, 0) is 4.79 Å². The number of unbranched alkanes of at least 4 members (excludes halogenated alkanes) is 1. The number of rotatable bonds is 4. The van der Waals surface area contributed by atoms with Crippen molar-refractivity contribution in [2.75, 3.05) is 11.9 Å². The van der Waals surface area contributed by atoms with Crippen molar-refractivity contribution in [2.45, 2.75) is 26.2 Å². The highest BCUT2D eigenvalue weighted by molar-refractivity contribution is 5.92. The standard InChI is InChI=1S/C13H16N2O/c1-3-4-5-13(16)15(2)12-8-6-11(10-14)7-9-12/h6-9H,3-5H2,1-2H3. The molecule has 0 atom stereocenters. The van der Waals surface area contributed by atoms with Crippen LogP contribution in [0.25, 0.3) is 0 Å². The highest BCUT2D eigenvalue weighted by atomic mass is 16.2. The third kappa shape index (κ3) is 3.09. The van der Waals surface area contributed by atoms with Crippen LogP contribution in [0.4, 0.5) is 5.69 Å². The smallest absolute Gasteiger partial charge is 0.226 e. The van der Waals surface area contributed by atoms with Gasteiger partial charge in [0, 0.05) is 19.2 Å². The maximum atomic E-state index is 11.7. The second-order valence-electron chi connectivity index (χ2n) is 3.71. The van der Waals surface area contributed by atoms with E-state index in [9.17, 15) is 4.79 Å². The Labute approximate surface area is 96.3 Å². The van der Waals surface area contributed by atoms with Crippen LogP contribution < -0.4 is 4.90 Å².